The van der Waals surface area contributed by atoms with Crippen molar-refractivity contribution in [3.8, 4) is 5.75 Å². The van der Waals surface area contributed by atoms with Crippen LogP contribution in [0.25, 0.3) is 0 Å². The van der Waals surface area contributed by atoms with Crippen LogP contribution in [0.1, 0.15) is 10.4 Å². The summed E-state index contributed by atoms with van der Waals surface area (Å²) in [5.74, 6) is 0.438. The summed E-state index contributed by atoms with van der Waals surface area (Å²) < 4.78 is 33.1. The number of thiophene rings is 1. The number of ether oxygens (including phenoxy) is 1. The van der Waals surface area contributed by atoms with Crippen LogP contribution < -0.4 is 4.74 Å². The molecule has 0 spiro atoms. The van der Waals surface area contributed by atoms with Crippen molar-refractivity contribution < 1.29 is 13.2 Å². The average Bonchev–Trinajstić information content (AvgIpc) is 3.19. The van der Waals surface area contributed by atoms with Crippen molar-refractivity contribution in [2.45, 2.75) is 17.9 Å². The summed E-state index contributed by atoms with van der Waals surface area (Å²) >= 11 is 7.76. The van der Waals surface area contributed by atoms with Crippen molar-refractivity contribution in [1.29, 1.82) is 0 Å². The fourth-order valence-electron chi connectivity index (χ4n) is 2.63. The van der Waals surface area contributed by atoms with Gasteiger partial charge in [-0.05, 0) is 47.7 Å². The maximum absolute atomic E-state index is 13.3. The molecule has 0 N–H and O–H groups in total. The molecule has 0 aliphatic carbocycles. The van der Waals surface area contributed by atoms with Crippen LogP contribution in [0.3, 0.4) is 0 Å². The van der Waals surface area contributed by atoms with Crippen LogP contribution >= 0.6 is 22.9 Å². The Morgan fingerprint density at radius 3 is 2.70 bits per heavy atom. The molecule has 0 atom stereocenters. The predicted molar refractivity (Wildman–Crippen MR) is 108 cm³/mol. The number of aromatic nitrogens is 1. The lowest BCUT2D eigenvalue weighted by molar-refractivity contribution is 0.408. The van der Waals surface area contributed by atoms with Crippen molar-refractivity contribution in [2.24, 2.45) is 0 Å². The van der Waals surface area contributed by atoms with Gasteiger partial charge in [-0.15, -0.1) is 11.3 Å². The van der Waals surface area contributed by atoms with E-state index in [9.17, 15) is 8.42 Å². The van der Waals surface area contributed by atoms with Gasteiger partial charge in [-0.1, -0.05) is 23.7 Å². The van der Waals surface area contributed by atoms with E-state index < -0.39 is 10.0 Å². The smallest absolute Gasteiger partial charge is 0.243 e. The first-order chi connectivity index (χ1) is 13.0. The molecule has 0 fully saturated rings. The molecule has 0 radical (unpaired) electrons. The van der Waals surface area contributed by atoms with Gasteiger partial charge in [0.05, 0.1) is 17.0 Å². The Balaban J connectivity index is 1.90. The van der Waals surface area contributed by atoms with Crippen molar-refractivity contribution in [3.63, 3.8) is 0 Å². The van der Waals surface area contributed by atoms with E-state index in [4.69, 9.17) is 16.3 Å². The maximum Gasteiger partial charge on any atom is 0.243 e. The maximum atomic E-state index is 13.3. The van der Waals surface area contributed by atoms with Gasteiger partial charge in [0.25, 0.3) is 0 Å². The molecule has 27 heavy (non-hydrogen) atoms. The fourth-order valence-corrected chi connectivity index (χ4v) is 5.10. The van der Waals surface area contributed by atoms with Crippen LogP contribution in [0.15, 0.2) is 65.1 Å². The minimum Gasteiger partial charge on any atom is -0.495 e. The van der Waals surface area contributed by atoms with Gasteiger partial charge in [0.2, 0.25) is 10.0 Å². The van der Waals surface area contributed by atoms with Crippen molar-refractivity contribution >= 4 is 33.0 Å². The monoisotopic (exact) mass is 422 g/mol. The number of nitrogens with zero attached hydrogens (tertiary/aromatic N) is 2. The normalized spacial score (nSPS) is 11.7. The van der Waals surface area contributed by atoms with Gasteiger partial charge < -0.3 is 4.74 Å². The predicted octanol–water partition coefficient (Wildman–Crippen LogP) is 4.24. The molecule has 0 saturated heterocycles. The number of halogens is 1. The number of rotatable bonds is 8. The highest BCUT2D eigenvalue weighted by Crippen LogP contribution is 2.29. The van der Waals surface area contributed by atoms with Crippen molar-refractivity contribution in [3.05, 3.63) is 75.7 Å². The Bertz CT molecular complexity index is 977. The molecule has 0 amide bonds. The van der Waals surface area contributed by atoms with E-state index in [1.54, 1.807) is 35.9 Å². The molecule has 0 aliphatic heterocycles. The zero-order valence-corrected chi connectivity index (χ0v) is 17.1. The van der Waals surface area contributed by atoms with E-state index in [1.165, 1.54) is 23.5 Å². The van der Waals surface area contributed by atoms with E-state index in [0.29, 0.717) is 18.7 Å². The van der Waals surface area contributed by atoms with Crippen LogP contribution in [0.5, 0.6) is 5.75 Å². The number of benzene rings is 1. The third-order valence-corrected chi connectivity index (χ3v) is 7.10. The van der Waals surface area contributed by atoms with E-state index in [2.05, 4.69) is 4.98 Å². The average molecular weight is 423 g/mol. The number of sulfonamides is 1. The summed E-state index contributed by atoms with van der Waals surface area (Å²) in [6, 6.07) is 12.1. The second kappa shape index (κ2) is 8.84. The zero-order valence-electron chi connectivity index (χ0n) is 14.7. The third-order valence-electron chi connectivity index (χ3n) is 4.03. The lowest BCUT2D eigenvalue weighted by Crippen LogP contribution is -2.32. The second-order valence-electron chi connectivity index (χ2n) is 5.83. The lowest BCUT2D eigenvalue weighted by Gasteiger charge is -2.22. The molecule has 0 aliphatic rings. The van der Waals surface area contributed by atoms with E-state index in [-0.39, 0.29) is 16.5 Å². The Kier molecular flexibility index (Phi) is 6.49. The number of hydrogen-bond acceptors (Lipinski definition) is 5. The molecule has 3 rings (SSSR count). The molecule has 2 aromatic heterocycles. The van der Waals surface area contributed by atoms with Crippen LogP contribution in [0.2, 0.25) is 5.02 Å². The molecule has 3 aromatic rings. The summed E-state index contributed by atoms with van der Waals surface area (Å²) in [5.41, 5.74) is 0.826. The van der Waals surface area contributed by atoms with Gasteiger partial charge in [0, 0.05) is 30.4 Å². The van der Waals surface area contributed by atoms with E-state index >= 15 is 0 Å². The highest BCUT2D eigenvalue weighted by Gasteiger charge is 2.25. The largest absolute Gasteiger partial charge is 0.495 e. The second-order valence-corrected chi connectivity index (χ2v) is 9.20. The molecule has 142 valence electrons. The fraction of sp³-hybridized carbons (Fsp3) is 0.211. The Labute approximate surface area is 168 Å². The highest BCUT2D eigenvalue weighted by atomic mass is 35.5. The van der Waals surface area contributed by atoms with Crippen LogP contribution in [-0.4, -0.2) is 31.4 Å². The Morgan fingerprint density at radius 2 is 2.07 bits per heavy atom. The topological polar surface area (TPSA) is 59.5 Å². The Morgan fingerprint density at radius 1 is 1.22 bits per heavy atom. The minimum atomic E-state index is -3.73. The molecule has 1 aromatic carbocycles. The lowest BCUT2D eigenvalue weighted by atomic mass is 10.3. The molecular formula is C19H19ClN2O3S2. The summed E-state index contributed by atoms with van der Waals surface area (Å²) in [7, 11) is -2.24. The SMILES string of the molecule is COc1ccc(S(=O)(=O)N(CCc2cccs2)Cc2cccnc2)cc1Cl. The molecule has 8 heteroatoms. The zero-order chi connectivity index (χ0) is 19.3. The van der Waals surface area contributed by atoms with Crippen LogP contribution in [-0.2, 0) is 23.0 Å². The minimum absolute atomic E-state index is 0.142. The van der Waals surface area contributed by atoms with Gasteiger partial charge >= 0.3 is 0 Å². The third kappa shape index (κ3) is 4.87. The molecule has 2 heterocycles. The first kappa shape index (κ1) is 19.8. The molecular weight excluding hydrogens is 404 g/mol. The van der Waals surface area contributed by atoms with Crippen molar-refractivity contribution in [2.75, 3.05) is 13.7 Å². The molecule has 5 nitrogen and oxygen atoms in total. The summed E-state index contributed by atoms with van der Waals surface area (Å²) in [6.07, 6.45) is 3.98. The number of hydrogen-bond donors (Lipinski definition) is 0. The number of pyridine rings is 1. The molecule has 0 saturated carbocycles. The summed E-state index contributed by atoms with van der Waals surface area (Å²) in [4.78, 5) is 5.36. The van der Waals surface area contributed by atoms with Gasteiger partial charge in [0.15, 0.2) is 0 Å². The highest BCUT2D eigenvalue weighted by molar-refractivity contribution is 7.89. The van der Waals surface area contributed by atoms with Gasteiger partial charge in [-0.3, -0.25) is 4.98 Å². The van der Waals surface area contributed by atoms with Gasteiger partial charge in [0.1, 0.15) is 5.75 Å². The first-order valence-electron chi connectivity index (χ1n) is 8.25. The van der Waals surface area contributed by atoms with Crippen LogP contribution in [0.4, 0.5) is 0 Å². The summed E-state index contributed by atoms with van der Waals surface area (Å²) in [5, 5.41) is 2.25. The van der Waals surface area contributed by atoms with Crippen molar-refractivity contribution in [1.82, 2.24) is 9.29 Å². The van der Waals surface area contributed by atoms with Gasteiger partial charge in [-0.2, -0.15) is 4.31 Å². The van der Waals surface area contributed by atoms with Gasteiger partial charge in [-0.25, -0.2) is 8.42 Å². The standard InChI is InChI=1S/C19H19ClN2O3S2/c1-25-19-7-6-17(12-18(19)20)27(23,24)22(10-8-16-5-3-11-26-16)14-15-4-2-9-21-13-15/h2-7,9,11-13H,8,10,14H2,1H3. The Hall–Kier alpha value is -1.93. The molecule has 0 unspecified atom stereocenters. The summed E-state index contributed by atoms with van der Waals surface area (Å²) in [6.45, 7) is 0.604. The number of methoxy groups -OCH3 is 1. The van der Waals surface area contributed by atoms with E-state index in [1.807, 2.05) is 23.6 Å². The first-order valence-corrected chi connectivity index (χ1v) is 11.0. The molecule has 0 bridgehead atoms. The van der Waals surface area contributed by atoms with Crippen LogP contribution in [0, 0.1) is 0 Å². The van der Waals surface area contributed by atoms with E-state index in [0.717, 1.165) is 10.4 Å². The quantitative estimate of drug-likeness (QED) is 0.544.